The number of hydrogen-bond donors (Lipinski definition) is 4. The maximum atomic E-state index is 12.9. The van der Waals surface area contributed by atoms with Crippen molar-refractivity contribution >= 4 is 43.2 Å². The molecule has 0 aliphatic heterocycles. The van der Waals surface area contributed by atoms with E-state index < -0.39 is 41.5 Å². The third-order valence-electron chi connectivity index (χ3n) is 8.68. The van der Waals surface area contributed by atoms with Gasteiger partial charge in [0.15, 0.2) is 0 Å². The van der Waals surface area contributed by atoms with Crippen LogP contribution in [0.2, 0.25) is 0 Å². The largest absolute Gasteiger partial charge is 0.506 e. The normalized spacial score (nSPS) is 12.0. The second-order valence-corrected chi connectivity index (χ2v) is 15.9. The molecule has 3 rings (SSSR count). The molecular weight excluding hydrogens is 707 g/mol. The minimum absolute atomic E-state index is 0.131. The zero-order valence-corrected chi connectivity index (χ0v) is 31.9. The number of carbonyl (C=O) groups excluding carboxylic acids is 1. The summed E-state index contributed by atoms with van der Waals surface area (Å²) in [4.78, 5) is 11.1. The molecule has 3 aromatic carbocycles. The summed E-state index contributed by atoms with van der Waals surface area (Å²) in [5.74, 6) is -0.662. The fourth-order valence-electron chi connectivity index (χ4n) is 5.65. The highest BCUT2D eigenvalue weighted by Crippen LogP contribution is 2.34. The zero-order chi connectivity index (χ0) is 38.0. The molecule has 0 fully saturated rings. The van der Waals surface area contributed by atoms with Gasteiger partial charge in [0.25, 0.3) is 26.1 Å². The topological polar surface area (TPSA) is 192 Å². The number of phenolic OH excluding ortho intramolecular Hbond substituents is 1. The van der Waals surface area contributed by atoms with Gasteiger partial charge < -0.3 is 15.2 Å². The van der Waals surface area contributed by atoms with E-state index in [9.17, 15) is 35.8 Å². The first kappa shape index (κ1) is 42.6. The van der Waals surface area contributed by atoms with E-state index in [1.165, 1.54) is 102 Å². The molecule has 0 aliphatic rings. The summed E-state index contributed by atoms with van der Waals surface area (Å²) in [6.07, 6.45) is 21.1. The van der Waals surface area contributed by atoms with E-state index in [0.717, 1.165) is 30.7 Å². The van der Waals surface area contributed by atoms with Gasteiger partial charge in [-0.05, 0) is 73.5 Å². The summed E-state index contributed by atoms with van der Waals surface area (Å²) < 4.78 is 71.2. The lowest BCUT2D eigenvalue weighted by atomic mass is 10.0. The number of phenols is 1. The van der Waals surface area contributed by atoms with Gasteiger partial charge in [0.2, 0.25) is 0 Å². The number of azo groups is 1. The standard InChI is InChI=1S/C38H53N3O9S2/c1-3-4-5-6-7-8-9-10-11-12-13-14-15-16-17-18-23-50-32-21-19-31(20-22-32)40-41-35-28-36(37(42)24-29(35)2)39-38(43)30-25-33(51(44,45)46)27-34(26-30)52(47,48)49/h19-22,24-28,42H,3-18,23H2,1-2H3,(H,39,43)(H,44,45,46)(H,47,48,49). The Bertz CT molecular complexity index is 1780. The van der Waals surface area contributed by atoms with Crippen LogP contribution in [0.4, 0.5) is 17.1 Å². The molecule has 3 aromatic rings. The van der Waals surface area contributed by atoms with Crippen molar-refractivity contribution in [2.45, 2.75) is 126 Å². The predicted molar refractivity (Wildman–Crippen MR) is 203 cm³/mol. The lowest BCUT2D eigenvalue weighted by Crippen LogP contribution is -2.14. The molecule has 14 heteroatoms. The number of amides is 1. The number of nitrogens with zero attached hydrogens (tertiary/aromatic N) is 2. The van der Waals surface area contributed by atoms with Gasteiger partial charge in [0.1, 0.15) is 11.5 Å². The Kier molecular flexibility index (Phi) is 17.7. The first-order valence-corrected chi connectivity index (χ1v) is 21.1. The number of aryl methyl sites for hydroxylation is 1. The molecule has 286 valence electrons. The zero-order valence-electron chi connectivity index (χ0n) is 30.2. The molecule has 0 spiro atoms. The van der Waals surface area contributed by atoms with Crippen LogP contribution >= 0.6 is 0 Å². The van der Waals surface area contributed by atoms with Crippen LogP contribution in [0, 0.1) is 6.92 Å². The molecule has 0 radical (unpaired) electrons. The lowest BCUT2D eigenvalue weighted by molar-refractivity contribution is 0.102. The third-order valence-corrected chi connectivity index (χ3v) is 10.3. The van der Waals surface area contributed by atoms with Crippen LogP contribution in [0.15, 0.2) is 74.6 Å². The van der Waals surface area contributed by atoms with Crippen molar-refractivity contribution in [2.24, 2.45) is 10.2 Å². The van der Waals surface area contributed by atoms with Crippen molar-refractivity contribution in [3.63, 3.8) is 0 Å². The highest BCUT2D eigenvalue weighted by atomic mass is 32.2. The highest BCUT2D eigenvalue weighted by Gasteiger charge is 2.21. The maximum Gasteiger partial charge on any atom is 0.294 e. The van der Waals surface area contributed by atoms with Gasteiger partial charge in [-0.3, -0.25) is 13.9 Å². The molecular formula is C38H53N3O9S2. The lowest BCUT2D eigenvalue weighted by Gasteiger charge is -2.11. The third kappa shape index (κ3) is 15.4. The van der Waals surface area contributed by atoms with Gasteiger partial charge in [0.05, 0.1) is 33.5 Å². The molecule has 0 aromatic heterocycles. The summed E-state index contributed by atoms with van der Waals surface area (Å²) in [6.45, 7) is 4.57. The summed E-state index contributed by atoms with van der Waals surface area (Å²) in [7, 11) is -9.86. The van der Waals surface area contributed by atoms with E-state index >= 15 is 0 Å². The summed E-state index contributed by atoms with van der Waals surface area (Å²) >= 11 is 0. The smallest absolute Gasteiger partial charge is 0.294 e. The van der Waals surface area contributed by atoms with Crippen molar-refractivity contribution in [3.05, 3.63) is 65.7 Å². The van der Waals surface area contributed by atoms with Gasteiger partial charge in [-0.15, -0.1) is 0 Å². The Hall–Kier alpha value is -3.85. The summed E-state index contributed by atoms with van der Waals surface area (Å²) in [5, 5.41) is 21.3. The molecule has 0 aliphatic carbocycles. The van der Waals surface area contributed by atoms with Crippen molar-refractivity contribution in [1.82, 2.24) is 0 Å². The van der Waals surface area contributed by atoms with E-state index in [2.05, 4.69) is 22.5 Å². The molecule has 0 heterocycles. The Labute approximate surface area is 308 Å². The molecule has 0 saturated carbocycles. The monoisotopic (exact) mass is 759 g/mol. The Morgan fingerprint density at radius 3 is 1.63 bits per heavy atom. The number of anilines is 1. The first-order chi connectivity index (χ1) is 24.8. The van der Waals surface area contributed by atoms with Crippen LogP contribution in [-0.2, 0) is 20.2 Å². The number of nitrogens with one attached hydrogen (secondary N) is 1. The Morgan fingerprint density at radius 2 is 1.15 bits per heavy atom. The van der Waals surface area contributed by atoms with E-state index in [1.807, 2.05) is 0 Å². The average Bonchev–Trinajstić information content (AvgIpc) is 3.09. The Morgan fingerprint density at radius 1 is 0.673 bits per heavy atom. The molecule has 52 heavy (non-hydrogen) atoms. The number of unbranched alkanes of at least 4 members (excludes halogenated alkanes) is 15. The van der Waals surface area contributed by atoms with Crippen molar-refractivity contribution < 1.29 is 40.6 Å². The maximum absolute atomic E-state index is 12.9. The summed E-state index contributed by atoms with van der Waals surface area (Å²) in [6, 6.07) is 11.7. The van der Waals surface area contributed by atoms with Gasteiger partial charge >= 0.3 is 0 Å². The van der Waals surface area contributed by atoms with Gasteiger partial charge in [-0.25, -0.2) is 0 Å². The average molecular weight is 760 g/mol. The minimum Gasteiger partial charge on any atom is -0.506 e. The molecule has 1 amide bonds. The highest BCUT2D eigenvalue weighted by molar-refractivity contribution is 7.86. The number of aromatic hydroxyl groups is 1. The Balaban J connectivity index is 1.41. The fourth-order valence-corrected chi connectivity index (χ4v) is 6.82. The molecule has 0 atom stereocenters. The van der Waals surface area contributed by atoms with Crippen LogP contribution in [0.3, 0.4) is 0 Å². The minimum atomic E-state index is -4.93. The van der Waals surface area contributed by atoms with Crippen LogP contribution in [-0.4, -0.2) is 43.6 Å². The van der Waals surface area contributed by atoms with Gasteiger partial charge in [-0.2, -0.15) is 27.1 Å². The molecule has 12 nitrogen and oxygen atoms in total. The number of hydrogen-bond acceptors (Lipinski definition) is 9. The molecule has 0 unspecified atom stereocenters. The van der Waals surface area contributed by atoms with Crippen LogP contribution in [0.5, 0.6) is 11.5 Å². The molecule has 0 saturated heterocycles. The van der Waals surface area contributed by atoms with Gasteiger partial charge in [0, 0.05) is 5.56 Å². The van der Waals surface area contributed by atoms with Crippen molar-refractivity contribution in [3.8, 4) is 11.5 Å². The summed E-state index contributed by atoms with van der Waals surface area (Å²) in [5.41, 5.74) is 0.700. The fraction of sp³-hybridized carbons (Fsp3) is 0.500. The van der Waals surface area contributed by atoms with Crippen molar-refractivity contribution in [2.75, 3.05) is 11.9 Å². The number of carbonyl (C=O) groups is 1. The van der Waals surface area contributed by atoms with E-state index in [0.29, 0.717) is 29.6 Å². The van der Waals surface area contributed by atoms with Crippen LogP contribution < -0.4 is 10.1 Å². The second-order valence-electron chi connectivity index (χ2n) is 13.1. The van der Waals surface area contributed by atoms with E-state index in [-0.39, 0.29) is 11.4 Å². The first-order valence-electron chi connectivity index (χ1n) is 18.2. The SMILES string of the molecule is CCCCCCCCCCCCCCCCCCOc1ccc(N=Nc2cc(NC(=O)c3cc(S(=O)(=O)O)cc(S(=O)(=O)O)c3)c(O)cc2C)cc1. The second kappa shape index (κ2) is 21.6. The van der Waals surface area contributed by atoms with Crippen LogP contribution in [0.25, 0.3) is 0 Å². The number of benzene rings is 3. The number of rotatable bonds is 24. The van der Waals surface area contributed by atoms with Gasteiger partial charge in [-0.1, -0.05) is 103 Å². The van der Waals surface area contributed by atoms with E-state index in [4.69, 9.17) is 4.74 Å². The molecule has 4 N–H and O–H groups in total. The van der Waals surface area contributed by atoms with Crippen molar-refractivity contribution in [1.29, 1.82) is 0 Å². The molecule has 0 bridgehead atoms. The number of ether oxygens (including phenoxy) is 1. The predicted octanol–water partition coefficient (Wildman–Crippen LogP) is 10.5. The quantitative estimate of drug-likeness (QED) is 0.0298. The van der Waals surface area contributed by atoms with E-state index in [1.54, 1.807) is 31.2 Å². The van der Waals surface area contributed by atoms with Crippen LogP contribution in [0.1, 0.15) is 126 Å².